The summed E-state index contributed by atoms with van der Waals surface area (Å²) in [5.41, 5.74) is 2.50. The van der Waals surface area contributed by atoms with Gasteiger partial charge < -0.3 is 5.11 Å². The lowest BCUT2D eigenvalue weighted by Crippen LogP contribution is -2.39. The molecule has 116 valence electrons. The molecule has 0 spiro atoms. The van der Waals surface area contributed by atoms with Crippen molar-refractivity contribution in [2.75, 3.05) is 13.1 Å². The van der Waals surface area contributed by atoms with E-state index in [-0.39, 0.29) is 12.0 Å². The van der Waals surface area contributed by atoms with Gasteiger partial charge >= 0.3 is 5.97 Å². The van der Waals surface area contributed by atoms with Crippen molar-refractivity contribution in [3.8, 4) is 0 Å². The quantitative estimate of drug-likeness (QED) is 0.940. The number of nitrogens with zero attached hydrogens (tertiary/aromatic N) is 2. The van der Waals surface area contributed by atoms with Crippen LogP contribution in [0.1, 0.15) is 34.9 Å². The lowest BCUT2D eigenvalue weighted by atomic mass is 9.94. The minimum Gasteiger partial charge on any atom is -0.481 e. The molecule has 3 heterocycles. The fourth-order valence-corrected chi connectivity index (χ4v) is 4.16. The monoisotopic (exact) mass is 316 g/mol. The lowest BCUT2D eigenvalue weighted by Gasteiger charge is -2.36. The van der Waals surface area contributed by atoms with E-state index in [1.807, 2.05) is 12.4 Å². The van der Waals surface area contributed by atoms with Crippen molar-refractivity contribution in [1.29, 1.82) is 0 Å². The van der Waals surface area contributed by atoms with Crippen LogP contribution < -0.4 is 0 Å². The molecule has 0 saturated carbocycles. The molecule has 22 heavy (non-hydrogen) atoms. The van der Waals surface area contributed by atoms with Crippen LogP contribution in [0, 0.1) is 12.8 Å². The first-order valence-electron chi connectivity index (χ1n) is 7.57. The second-order valence-electron chi connectivity index (χ2n) is 5.86. The molecule has 1 fully saturated rings. The van der Waals surface area contributed by atoms with Crippen LogP contribution >= 0.6 is 11.3 Å². The first-order valence-corrected chi connectivity index (χ1v) is 8.45. The van der Waals surface area contributed by atoms with Crippen LogP contribution in [0.4, 0.5) is 0 Å². The Kier molecular flexibility index (Phi) is 4.55. The number of hydrogen-bond acceptors (Lipinski definition) is 4. The smallest absolute Gasteiger partial charge is 0.306 e. The minimum absolute atomic E-state index is 0.195. The summed E-state index contributed by atoms with van der Waals surface area (Å²) in [5, 5.41) is 11.3. The zero-order valence-electron chi connectivity index (χ0n) is 12.6. The number of thiophene rings is 1. The third kappa shape index (κ3) is 3.20. The highest BCUT2D eigenvalue weighted by Gasteiger charge is 2.30. The number of carboxylic acid groups (broad SMARTS) is 1. The zero-order chi connectivity index (χ0) is 15.5. The average molecular weight is 316 g/mol. The Bertz CT molecular complexity index is 633. The van der Waals surface area contributed by atoms with Gasteiger partial charge in [-0.05, 0) is 67.6 Å². The van der Waals surface area contributed by atoms with Gasteiger partial charge in [0.1, 0.15) is 0 Å². The highest BCUT2D eigenvalue weighted by molar-refractivity contribution is 7.10. The Morgan fingerprint density at radius 3 is 2.59 bits per heavy atom. The predicted octanol–water partition coefficient (Wildman–Crippen LogP) is 3.34. The third-order valence-corrected chi connectivity index (χ3v) is 5.39. The van der Waals surface area contributed by atoms with E-state index in [1.165, 1.54) is 16.0 Å². The highest BCUT2D eigenvalue weighted by atomic mass is 32.1. The minimum atomic E-state index is -0.660. The van der Waals surface area contributed by atoms with E-state index in [4.69, 9.17) is 0 Å². The van der Waals surface area contributed by atoms with Gasteiger partial charge in [-0.25, -0.2) is 0 Å². The molecule has 5 heteroatoms. The standard InChI is InChI=1S/C17H20N2O2S/c1-12-10-15(22-11-12)16(13-2-6-18-7-3-13)19-8-4-14(5-9-19)17(20)21/h2-3,6-7,10-11,14,16H,4-5,8-9H2,1H3,(H,20,21). The maximum atomic E-state index is 11.1. The SMILES string of the molecule is Cc1csc(C(c2ccncc2)N2CCC(C(=O)O)CC2)c1. The number of aliphatic carboxylic acids is 1. The van der Waals surface area contributed by atoms with Crippen molar-refractivity contribution < 1.29 is 9.90 Å². The zero-order valence-corrected chi connectivity index (χ0v) is 13.4. The highest BCUT2D eigenvalue weighted by Crippen LogP contribution is 2.35. The van der Waals surface area contributed by atoms with E-state index >= 15 is 0 Å². The third-order valence-electron chi connectivity index (χ3n) is 4.29. The van der Waals surface area contributed by atoms with Gasteiger partial charge in [-0.3, -0.25) is 14.7 Å². The molecule has 4 nitrogen and oxygen atoms in total. The summed E-state index contributed by atoms with van der Waals surface area (Å²) in [5.74, 6) is -0.855. The molecule has 1 saturated heterocycles. The molecular weight excluding hydrogens is 296 g/mol. The fraction of sp³-hybridized carbons (Fsp3) is 0.412. The van der Waals surface area contributed by atoms with Gasteiger partial charge in [-0.2, -0.15) is 0 Å². The Morgan fingerprint density at radius 1 is 1.36 bits per heavy atom. The molecule has 1 unspecified atom stereocenters. The number of likely N-dealkylation sites (tertiary alicyclic amines) is 1. The first kappa shape index (κ1) is 15.2. The van der Waals surface area contributed by atoms with Gasteiger partial charge in [-0.15, -0.1) is 11.3 Å². The van der Waals surface area contributed by atoms with E-state index in [9.17, 15) is 9.90 Å². The Labute approximate surface area is 134 Å². The normalized spacial score (nSPS) is 18.2. The van der Waals surface area contributed by atoms with Gasteiger partial charge in [0, 0.05) is 17.3 Å². The van der Waals surface area contributed by atoms with E-state index in [0.717, 1.165) is 25.9 Å². The van der Waals surface area contributed by atoms with E-state index in [2.05, 4.69) is 40.4 Å². The van der Waals surface area contributed by atoms with Gasteiger partial charge in [-0.1, -0.05) is 0 Å². The van der Waals surface area contributed by atoms with Crippen molar-refractivity contribution in [2.24, 2.45) is 5.92 Å². The summed E-state index contributed by atoms with van der Waals surface area (Å²) in [4.78, 5) is 19.0. The van der Waals surface area contributed by atoms with Crippen LogP contribution in [0.5, 0.6) is 0 Å². The van der Waals surface area contributed by atoms with E-state index in [0.29, 0.717) is 0 Å². The predicted molar refractivity (Wildman–Crippen MR) is 87.1 cm³/mol. The number of carbonyl (C=O) groups is 1. The fourth-order valence-electron chi connectivity index (χ4n) is 3.10. The van der Waals surface area contributed by atoms with Crippen molar-refractivity contribution in [3.63, 3.8) is 0 Å². The molecule has 0 aromatic carbocycles. The lowest BCUT2D eigenvalue weighted by molar-refractivity contribution is -0.143. The van der Waals surface area contributed by atoms with Gasteiger partial charge in [0.15, 0.2) is 0 Å². The molecule has 3 rings (SSSR count). The second kappa shape index (κ2) is 6.58. The molecule has 1 atom stereocenters. The number of carboxylic acids is 1. The Balaban J connectivity index is 1.85. The average Bonchev–Trinajstić information content (AvgIpc) is 2.95. The summed E-state index contributed by atoms with van der Waals surface area (Å²) in [6.07, 6.45) is 5.10. The summed E-state index contributed by atoms with van der Waals surface area (Å²) in [6.45, 7) is 3.75. The molecule has 0 aliphatic carbocycles. The van der Waals surface area contributed by atoms with Crippen LogP contribution in [-0.2, 0) is 4.79 Å². The molecule has 2 aromatic heterocycles. The van der Waals surface area contributed by atoms with E-state index in [1.54, 1.807) is 11.3 Å². The van der Waals surface area contributed by atoms with Gasteiger partial charge in [0.05, 0.1) is 12.0 Å². The maximum absolute atomic E-state index is 11.1. The topological polar surface area (TPSA) is 53.4 Å². The van der Waals surface area contributed by atoms with Crippen LogP contribution in [0.2, 0.25) is 0 Å². The van der Waals surface area contributed by atoms with Crippen LogP contribution in [0.25, 0.3) is 0 Å². The largest absolute Gasteiger partial charge is 0.481 e. The number of aromatic nitrogens is 1. The number of piperidine rings is 1. The molecule has 1 aliphatic rings. The molecule has 1 aliphatic heterocycles. The van der Waals surface area contributed by atoms with Crippen LogP contribution in [0.15, 0.2) is 36.0 Å². The molecule has 0 amide bonds. The van der Waals surface area contributed by atoms with E-state index < -0.39 is 5.97 Å². The Hall–Kier alpha value is -1.72. The summed E-state index contributed by atoms with van der Waals surface area (Å²) < 4.78 is 0. The van der Waals surface area contributed by atoms with Gasteiger partial charge in [0.2, 0.25) is 0 Å². The second-order valence-corrected chi connectivity index (χ2v) is 6.80. The number of aryl methyl sites for hydroxylation is 1. The number of pyridine rings is 1. The summed E-state index contributed by atoms with van der Waals surface area (Å²) in [7, 11) is 0. The van der Waals surface area contributed by atoms with Crippen molar-refractivity contribution in [1.82, 2.24) is 9.88 Å². The maximum Gasteiger partial charge on any atom is 0.306 e. The van der Waals surface area contributed by atoms with Crippen LogP contribution in [-0.4, -0.2) is 34.0 Å². The first-order chi connectivity index (χ1) is 10.6. The molecule has 0 radical (unpaired) electrons. The molecule has 1 N–H and O–H groups in total. The summed E-state index contributed by atoms with van der Waals surface area (Å²) in [6, 6.07) is 6.56. The Morgan fingerprint density at radius 2 is 2.05 bits per heavy atom. The number of rotatable bonds is 4. The van der Waals surface area contributed by atoms with Crippen molar-refractivity contribution >= 4 is 17.3 Å². The summed E-state index contributed by atoms with van der Waals surface area (Å²) >= 11 is 1.77. The van der Waals surface area contributed by atoms with Gasteiger partial charge in [0.25, 0.3) is 0 Å². The van der Waals surface area contributed by atoms with Crippen LogP contribution in [0.3, 0.4) is 0 Å². The van der Waals surface area contributed by atoms with Crippen molar-refractivity contribution in [3.05, 3.63) is 52.0 Å². The van der Waals surface area contributed by atoms with Crippen molar-refractivity contribution in [2.45, 2.75) is 25.8 Å². The number of hydrogen-bond donors (Lipinski definition) is 1. The molecular formula is C17H20N2O2S. The molecule has 2 aromatic rings. The molecule has 0 bridgehead atoms.